The second-order valence-corrected chi connectivity index (χ2v) is 4.12. The van der Waals surface area contributed by atoms with Crippen molar-refractivity contribution >= 4 is 0 Å². The van der Waals surface area contributed by atoms with Crippen LogP contribution in [-0.2, 0) is 0 Å². The van der Waals surface area contributed by atoms with Crippen molar-refractivity contribution in [3.8, 4) is 0 Å². The molecule has 0 aliphatic carbocycles. The molecule has 1 atom stereocenters. The highest BCUT2D eigenvalue weighted by Gasteiger charge is 2.12. The Bertz CT molecular complexity index is 100. The van der Waals surface area contributed by atoms with Gasteiger partial charge >= 0.3 is 0 Å². The van der Waals surface area contributed by atoms with Gasteiger partial charge in [-0.15, -0.1) is 0 Å². The molecule has 0 saturated heterocycles. The lowest BCUT2D eigenvalue weighted by atomic mass is 10.2. The average Bonchev–Trinajstić information content (AvgIpc) is 1.84. The van der Waals surface area contributed by atoms with E-state index in [0.717, 1.165) is 13.0 Å². The van der Waals surface area contributed by atoms with Gasteiger partial charge in [0, 0.05) is 24.7 Å². The minimum Gasteiger partial charge on any atom is -0.298 e. The van der Waals surface area contributed by atoms with Crippen LogP contribution in [0, 0.1) is 0 Å². The third-order valence-corrected chi connectivity index (χ3v) is 2.15. The molecule has 1 radical (unpaired) electrons. The molecule has 0 spiro atoms. The van der Waals surface area contributed by atoms with Crippen molar-refractivity contribution in [1.29, 1.82) is 0 Å². The van der Waals surface area contributed by atoms with Gasteiger partial charge in [0.05, 0.1) is 0 Å². The molecular weight excluding hydrogens is 148 g/mol. The standard InChI is InChI=1S/C10H23N2/c1-8(2)12(9(3)4)7-6-10(5)11/h8-11H,6-7H2,1-5H3. The summed E-state index contributed by atoms with van der Waals surface area (Å²) < 4.78 is 0. The zero-order valence-electron chi connectivity index (χ0n) is 9.09. The van der Waals surface area contributed by atoms with Gasteiger partial charge in [-0.05, 0) is 41.0 Å². The Morgan fingerprint density at radius 1 is 1.00 bits per heavy atom. The van der Waals surface area contributed by atoms with Crippen molar-refractivity contribution in [2.45, 2.75) is 59.2 Å². The number of nitrogens with zero attached hydrogens (tertiary/aromatic N) is 1. The summed E-state index contributed by atoms with van der Waals surface area (Å²) in [5.41, 5.74) is 7.43. The molecular formula is C10H23N2. The lowest BCUT2D eigenvalue weighted by Crippen LogP contribution is -2.38. The molecule has 0 aromatic rings. The molecule has 73 valence electrons. The maximum absolute atomic E-state index is 7.43. The monoisotopic (exact) mass is 171 g/mol. The first kappa shape index (κ1) is 11.9. The molecule has 1 unspecified atom stereocenters. The highest BCUT2D eigenvalue weighted by molar-refractivity contribution is 4.68. The maximum atomic E-state index is 7.43. The van der Waals surface area contributed by atoms with Gasteiger partial charge in [-0.1, -0.05) is 0 Å². The van der Waals surface area contributed by atoms with Gasteiger partial charge in [-0.3, -0.25) is 10.6 Å². The second kappa shape index (κ2) is 5.55. The molecule has 2 heteroatoms. The van der Waals surface area contributed by atoms with Gasteiger partial charge in [0.25, 0.3) is 0 Å². The number of nitrogens with one attached hydrogen (secondary N) is 1. The molecule has 0 bridgehead atoms. The molecule has 0 heterocycles. The van der Waals surface area contributed by atoms with Gasteiger partial charge < -0.3 is 0 Å². The molecule has 12 heavy (non-hydrogen) atoms. The fraction of sp³-hybridized carbons (Fsp3) is 1.00. The van der Waals surface area contributed by atoms with E-state index < -0.39 is 0 Å². The van der Waals surface area contributed by atoms with Crippen LogP contribution in [0.5, 0.6) is 0 Å². The quantitative estimate of drug-likeness (QED) is 0.623. The van der Waals surface area contributed by atoms with Crippen molar-refractivity contribution in [2.75, 3.05) is 6.54 Å². The van der Waals surface area contributed by atoms with E-state index >= 15 is 0 Å². The molecule has 2 nitrogen and oxygen atoms in total. The second-order valence-electron chi connectivity index (χ2n) is 4.12. The Balaban J connectivity index is 3.80. The number of rotatable bonds is 5. The van der Waals surface area contributed by atoms with Crippen molar-refractivity contribution in [3.05, 3.63) is 0 Å². The zero-order valence-corrected chi connectivity index (χ0v) is 9.09. The summed E-state index contributed by atoms with van der Waals surface area (Å²) in [5, 5.41) is 0. The van der Waals surface area contributed by atoms with E-state index in [1.165, 1.54) is 0 Å². The van der Waals surface area contributed by atoms with Crippen LogP contribution in [0.4, 0.5) is 0 Å². The lowest BCUT2D eigenvalue weighted by Gasteiger charge is -2.30. The zero-order chi connectivity index (χ0) is 9.72. The number of hydrogen-bond acceptors (Lipinski definition) is 1. The third-order valence-electron chi connectivity index (χ3n) is 2.15. The van der Waals surface area contributed by atoms with Gasteiger partial charge in [0.1, 0.15) is 0 Å². The predicted molar refractivity (Wildman–Crippen MR) is 54.2 cm³/mol. The van der Waals surface area contributed by atoms with Gasteiger partial charge in [-0.2, -0.15) is 0 Å². The van der Waals surface area contributed by atoms with E-state index in [-0.39, 0.29) is 6.04 Å². The molecule has 1 N–H and O–H groups in total. The molecule has 0 aliphatic rings. The predicted octanol–water partition coefficient (Wildman–Crippen LogP) is 2.17. The number of hydrogen-bond donors (Lipinski definition) is 0. The van der Waals surface area contributed by atoms with Crippen LogP contribution in [0.1, 0.15) is 41.0 Å². The lowest BCUT2D eigenvalue weighted by molar-refractivity contribution is 0.169. The van der Waals surface area contributed by atoms with Crippen LogP contribution in [-0.4, -0.2) is 29.6 Å². The summed E-state index contributed by atoms with van der Waals surface area (Å²) in [5.74, 6) is 0. The summed E-state index contributed by atoms with van der Waals surface area (Å²) in [6.07, 6.45) is 0.982. The largest absolute Gasteiger partial charge is 0.298 e. The van der Waals surface area contributed by atoms with Crippen molar-refractivity contribution in [2.24, 2.45) is 0 Å². The molecule has 0 aromatic carbocycles. The molecule has 0 aromatic heterocycles. The van der Waals surface area contributed by atoms with Crippen LogP contribution in [0.2, 0.25) is 0 Å². The van der Waals surface area contributed by atoms with E-state index in [0.29, 0.717) is 12.1 Å². The summed E-state index contributed by atoms with van der Waals surface area (Å²) in [7, 11) is 0. The van der Waals surface area contributed by atoms with Crippen molar-refractivity contribution in [1.82, 2.24) is 10.6 Å². The summed E-state index contributed by atoms with van der Waals surface area (Å²) >= 11 is 0. The van der Waals surface area contributed by atoms with Gasteiger partial charge in [0.15, 0.2) is 0 Å². The molecule has 0 rings (SSSR count). The molecule has 0 amide bonds. The molecule has 0 aliphatic heterocycles. The topological polar surface area (TPSA) is 27.0 Å². The highest BCUT2D eigenvalue weighted by Crippen LogP contribution is 2.06. The van der Waals surface area contributed by atoms with Gasteiger partial charge in [-0.25, -0.2) is 0 Å². The SMILES string of the molecule is CC([NH])CCN(C(C)C)C(C)C. The van der Waals surface area contributed by atoms with Crippen LogP contribution in [0.25, 0.3) is 0 Å². The first-order valence-corrected chi connectivity index (χ1v) is 4.92. The highest BCUT2D eigenvalue weighted by atomic mass is 15.2. The smallest absolute Gasteiger partial charge is 0.0196 e. The Morgan fingerprint density at radius 2 is 1.42 bits per heavy atom. The summed E-state index contributed by atoms with van der Waals surface area (Å²) in [6, 6.07) is 1.28. The molecule has 0 saturated carbocycles. The maximum Gasteiger partial charge on any atom is 0.0196 e. The van der Waals surface area contributed by atoms with Crippen LogP contribution in [0.15, 0.2) is 0 Å². The molecule has 0 fully saturated rings. The van der Waals surface area contributed by atoms with E-state index in [1.807, 2.05) is 6.92 Å². The summed E-state index contributed by atoms with van der Waals surface area (Å²) in [6.45, 7) is 11.9. The van der Waals surface area contributed by atoms with Crippen molar-refractivity contribution < 1.29 is 0 Å². The van der Waals surface area contributed by atoms with Crippen LogP contribution in [0.3, 0.4) is 0 Å². The first-order chi connectivity index (χ1) is 5.45. The van der Waals surface area contributed by atoms with Crippen LogP contribution >= 0.6 is 0 Å². The fourth-order valence-corrected chi connectivity index (χ4v) is 1.46. The van der Waals surface area contributed by atoms with E-state index in [9.17, 15) is 0 Å². The van der Waals surface area contributed by atoms with E-state index in [4.69, 9.17) is 5.73 Å². The summed E-state index contributed by atoms with van der Waals surface area (Å²) in [4.78, 5) is 2.44. The fourth-order valence-electron chi connectivity index (χ4n) is 1.46. The van der Waals surface area contributed by atoms with Crippen LogP contribution < -0.4 is 5.73 Å². The average molecular weight is 171 g/mol. The minimum atomic E-state index is 0.0741. The van der Waals surface area contributed by atoms with Crippen molar-refractivity contribution in [3.63, 3.8) is 0 Å². The Hall–Kier alpha value is -0.0800. The third kappa shape index (κ3) is 4.73. The minimum absolute atomic E-state index is 0.0741. The Kier molecular flexibility index (Phi) is 5.51. The van der Waals surface area contributed by atoms with E-state index in [1.54, 1.807) is 0 Å². The van der Waals surface area contributed by atoms with Gasteiger partial charge in [0.2, 0.25) is 0 Å². The normalized spacial score (nSPS) is 14.8. The Morgan fingerprint density at radius 3 is 1.67 bits per heavy atom. The Labute approximate surface area is 77.1 Å². The van der Waals surface area contributed by atoms with E-state index in [2.05, 4.69) is 32.6 Å². The first-order valence-electron chi connectivity index (χ1n) is 4.92.